The van der Waals surface area contributed by atoms with Crippen LogP contribution in [0.15, 0.2) is 5.10 Å². The number of hydrogen-bond donors (Lipinski definition) is 2. The van der Waals surface area contributed by atoms with E-state index in [2.05, 4.69) is 22.7 Å². The molecule has 3 nitrogen and oxygen atoms in total. The zero-order valence-electron chi connectivity index (χ0n) is 5.02. The predicted octanol–water partition coefficient (Wildman–Crippen LogP) is 0.165. The molecule has 3 N–H and O–H groups in total. The fourth-order valence-corrected chi connectivity index (χ4v) is 0.226. The van der Waals surface area contributed by atoms with E-state index < -0.39 is 6.67 Å². The first-order chi connectivity index (χ1) is 4.16. The van der Waals surface area contributed by atoms with Crippen molar-refractivity contribution in [1.82, 2.24) is 5.43 Å². The average Bonchev–Trinajstić information content (AvgIpc) is 1.83. The highest BCUT2D eigenvalue weighted by Gasteiger charge is 1.86. The van der Waals surface area contributed by atoms with E-state index >= 15 is 0 Å². The van der Waals surface area contributed by atoms with Crippen LogP contribution in [0.4, 0.5) is 4.39 Å². The second-order valence-corrected chi connectivity index (χ2v) is 1.90. The van der Waals surface area contributed by atoms with Crippen LogP contribution in [-0.2, 0) is 0 Å². The van der Waals surface area contributed by atoms with Crippen molar-refractivity contribution in [2.24, 2.45) is 10.8 Å². The third kappa shape index (κ3) is 5.16. The molecule has 5 heteroatoms. The Bertz CT molecular complexity index is 134. The zero-order valence-corrected chi connectivity index (χ0v) is 5.83. The van der Waals surface area contributed by atoms with Crippen LogP contribution in [0.5, 0.6) is 0 Å². The molecule has 0 bridgehead atoms. The standard InChI is InChI=1S/C4H8FN3S/c1-3(2-5)7-8-4(6)9/h2H2,1H3,(H3,6,8,9)/b7-3+. The van der Waals surface area contributed by atoms with Gasteiger partial charge < -0.3 is 5.73 Å². The zero-order chi connectivity index (χ0) is 7.28. The summed E-state index contributed by atoms with van der Waals surface area (Å²) in [7, 11) is 0. The normalized spacial score (nSPS) is 11.1. The molecule has 0 aromatic rings. The van der Waals surface area contributed by atoms with Gasteiger partial charge in [0.2, 0.25) is 0 Å². The molecule has 0 saturated heterocycles. The van der Waals surface area contributed by atoms with E-state index in [0.29, 0.717) is 5.71 Å². The summed E-state index contributed by atoms with van der Waals surface area (Å²) in [4.78, 5) is 0. The summed E-state index contributed by atoms with van der Waals surface area (Å²) in [6, 6.07) is 0. The van der Waals surface area contributed by atoms with Crippen LogP contribution >= 0.6 is 12.2 Å². The van der Waals surface area contributed by atoms with Crippen LogP contribution in [0.3, 0.4) is 0 Å². The Morgan fingerprint density at radius 1 is 1.89 bits per heavy atom. The molecule has 0 rings (SSSR count). The lowest BCUT2D eigenvalue weighted by molar-refractivity contribution is 0.578. The summed E-state index contributed by atoms with van der Waals surface area (Å²) >= 11 is 4.40. The van der Waals surface area contributed by atoms with E-state index in [1.54, 1.807) is 0 Å². The lowest BCUT2D eigenvalue weighted by Crippen LogP contribution is -2.25. The Hall–Kier alpha value is -0.710. The maximum Gasteiger partial charge on any atom is 0.184 e. The number of nitrogens with two attached hydrogens (primary N) is 1. The number of nitrogens with one attached hydrogen (secondary N) is 1. The Morgan fingerprint density at radius 3 is 2.78 bits per heavy atom. The number of alkyl halides is 1. The third-order valence-electron chi connectivity index (χ3n) is 0.550. The van der Waals surface area contributed by atoms with Crippen LogP contribution in [-0.4, -0.2) is 17.5 Å². The molecule has 0 aliphatic carbocycles. The van der Waals surface area contributed by atoms with Gasteiger partial charge in [0.05, 0.1) is 5.71 Å². The van der Waals surface area contributed by atoms with Crippen molar-refractivity contribution >= 4 is 23.0 Å². The molecule has 0 saturated carbocycles. The minimum Gasteiger partial charge on any atom is -0.375 e. The van der Waals surface area contributed by atoms with Gasteiger partial charge in [0.1, 0.15) is 6.67 Å². The summed E-state index contributed by atoms with van der Waals surface area (Å²) < 4.78 is 11.6. The van der Waals surface area contributed by atoms with Gasteiger partial charge in [-0.3, -0.25) is 5.43 Å². The van der Waals surface area contributed by atoms with Gasteiger partial charge in [-0.05, 0) is 19.1 Å². The molecule has 0 aromatic carbocycles. The first kappa shape index (κ1) is 8.29. The first-order valence-corrected chi connectivity index (χ1v) is 2.72. The Balaban J connectivity index is 3.56. The lowest BCUT2D eigenvalue weighted by Gasteiger charge is -1.94. The Labute approximate surface area is 58.1 Å². The quantitative estimate of drug-likeness (QED) is 0.334. The maximum atomic E-state index is 11.6. The highest BCUT2D eigenvalue weighted by Crippen LogP contribution is 1.74. The summed E-state index contributed by atoms with van der Waals surface area (Å²) in [6.07, 6.45) is 0. The summed E-state index contributed by atoms with van der Waals surface area (Å²) in [5.74, 6) is 0. The van der Waals surface area contributed by atoms with Crippen LogP contribution in [0.1, 0.15) is 6.92 Å². The second-order valence-electron chi connectivity index (χ2n) is 1.46. The smallest absolute Gasteiger partial charge is 0.184 e. The number of hydrazone groups is 1. The Kier molecular flexibility index (Phi) is 3.87. The lowest BCUT2D eigenvalue weighted by atomic mass is 10.5. The molecule has 0 unspecified atom stereocenters. The molecule has 0 atom stereocenters. The SMILES string of the molecule is C/C(CF)=N\NC(N)=S. The number of thiocarbonyl (C=S) groups is 1. The monoisotopic (exact) mass is 149 g/mol. The molecule has 52 valence electrons. The highest BCUT2D eigenvalue weighted by atomic mass is 32.1. The summed E-state index contributed by atoms with van der Waals surface area (Å²) in [5, 5.41) is 3.51. The van der Waals surface area contributed by atoms with Crippen LogP contribution in [0, 0.1) is 0 Å². The third-order valence-corrected chi connectivity index (χ3v) is 0.642. The predicted molar refractivity (Wildman–Crippen MR) is 39.0 cm³/mol. The van der Waals surface area contributed by atoms with Crippen molar-refractivity contribution in [3.8, 4) is 0 Å². The minimum absolute atomic E-state index is 0.0443. The molecule has 0 heterocycles. The van der Waals surface area contributed by atoms with Crippen LogP contribution in [0.2, 0.25) is 0 Å². The van der Waals surface area contributed by atoms with E-state index in [0.717, 1.165) is 0 Å². The molecule has 0 aliphatic heterocycles. The molecule has 0 radical (unpaired) electrons. The van der Waals surface area contributed by atoms with E-state index in [1.807, 2.05) is 0 Å². The van der Waals surface area contributed by atoms with Gasteiger partial charge >= 0.3 is 0 Å². The van der Waals surface area contributed by atoms with E-state index in [4.69, 9.17) is 5.73 Å². The number of hydrogen-bond acceptors (Lipinski definition) is 2. The van der Waals surface area contributed by atoms with Crippen LogP contribution < -0.4 is 11.2 Å². The molecule has 9 heavy (non-hydrogen) atoms. The molecule has 0 spiro atoms. The van der Waals surface area contributed by atoms with Gasteiger partial charge in [0.25, 0.3) is 0 Å². The number of halogens is 1. The fourth-order valence-electron chi connectivity index (χ4n) is 0.180. The molecule has 0 aliphatic rings. The second kappa shape index (κ2) is 4.20. The Morgan fingerprint density at radius 2 is 2.44 bits per heavy atom. The van der Waals surface area contributed by atoms with Crippen molar-refractivity contribution in [1.29, 1.82) is 0 Å². The topological polar surface area (TPSA) is 50.4 Å². The van der Waals surface area contributed by atoms with Crippen molar-refractivity contribution in [2.75, 3.05) is 6.67 Å². The molecular formula is C4H8FN3S. The van der Waals surface area contributed by atoms with Crippen LogP contribution in [0.25, 0.3) is 0 Å². The molecule has 0 amide bonds. The molecular weight excluding hydrogens is 141 g/mol. The van der Waals surface area contributed by atoms with Gasteiger partial charge in [-0.1, -0.05) is 0 Å². The van der Waals surface area contributed by atoms with E-state index in [-0.39, 0.29) is 5.11 Å². The largest absolute Gasteiger partial charge is 0.375 e. The molecule has 0 aromatic heterocycles. The molecule has 0 fully saturated rings. The highest BCUT2D eigenvalue weighted by molar-refractivity contribution is 7.80. The first-order valence-electron chi connectivity index (χ1n) is 2.31. The van der Waals surface area contributed by atoms with Crippen molar-refractivity contribution in [2.45, 2.75) is 6.92 Å². The van der Waals surface area contributed by atoms with Crippen molar-refractivity contribution < 1.29 is 4.39 Å². The van der Waals surface area contributed by atoms with E-state index in [9.17, 15) is 4.39 Å². The summed E-state index contributed by atoms with van der Waals surface area (Å²) in [6.45, 7) is 0.945. The summed E-state index contributed by atoms with van der Waals surface area (Å²) in [5.41, 5.74) is 7.56. The fraction of sp³-hybridized carbons (Fsp3) is 0.500. The van der Waals surface area contributed by atoms with Gasteiger partial charge in [0.15, 0.2) is 5.11 Å². The average molecular weight is 149 g/mol. The van der Waals surface area contributed by atoms with E-state index in [1.165, 1.54) is 6.92 Å². The van der Waals surface area contributed by atoms with Gasteiger partial charge in [0, 0.05) is 0 Å². The number of nitrogens with zero attached hydrogens (tertiary/aromatic N) is 1. The number of rotatable bonds is 2. The van der Waals surface area contributed by atoms with Crippen molar-refractivity contribution in [3.63, 3.8) is 0 Å². The van der Waals surface area contributed by atoms with Crippen molar-refractivity contribution in [3.05, 3.63) is 0 Å². The van der Waals surface area contributed by atoms with Gasteiger partial charge in [-0.15, -0.1) is 0 Å². The minimum atomic E-state index is -0.588. The van der Waals surface area contributed by atoms with Gasteiger partial charge in [-0.25, -0.2) is 4.39 Å². The maximum absolute atomic E-state index is 11.6. The van der Waals surface area contributed by atoms with Gasteiger partial charge in [-0.2, -0.15) is 5.10 Å².